The van der Waals surface area contributed by atoms with Crippen LogP contribution < -0.4 is 70.5 Å². The summed E-state index contributed by atoms with van der Waals surface area (Å²) in [4.78, 5) is 2.68. The van der Waals surface area contributed by atoms with Crippen molar-refractivity contribution in [1.29, 1.82) is 0 Å². The lowest BCUT2D eigenvalue weighted by atomic mass is 9.15. The molecule has 8 aromatic rings. The van der Waals surface area contributed by atoms with Crippen molar-refractivity contribution < 1.29 is 0 Å². The number of para-hydroxylation sites is 4. The van der Waals surface area contributed by atoms with E-state index in [2.05, 4.69) is 143 Å². The first-order valence-corrected chi connectivity index (χ1v) is 17.4. The van der Waals surface area contributed by atoms with E-state index in [1.54, 1.807) is 10.9 Å². The zero-order valence-electron chi connectivity index (χ0n) is 25.9. The van der Waals surface area contributed by atoms with Crippen molar-refractivity contribution in [3.8, 4) is 5.69 Å². The average Bonchev–Trinajstić information content (AvgIpc) is 3.50. The van der Waals surface area contributed by atoms with Gasteiger partial charge in [0.15, 0.2) is 0 Å². The molecule has 0 radical (unpaired) electrons. The lowest BCUT2D eigenvalue weighted by Crippen LogP contribution is -2.85. The SMILES string of the molecule is c1ccc2c(c1)B1c3ccccc3N3c4ccccc4B4c5ccccc5B5c6c4c3c1c1c6-n3c4c(cccc4c4cccc5c43)B21. The number of benzene rings is 7. The van der Waals surface area contributed by atoms with Gasteiger partial charge in [0.05, 0.1) is 0 Å². The van der Waals surface area contributed by atoms with Crippen LogP contribution in [0.25, 0.3) is 27.5 Å². The van der Waals surface area contributed by atoms with Crippen LogP contribution in [0.4, 0.5) is 17.1 Å². The predicted molar refractivity (Wildman–Crippen MR) is 207 cm³/mol. The van der Waals surface area contributed by atoms with Crippen molar-refractivity contribution in [2.24, 2.45) is 0 Å². The third-order valence-electron chi connectivity index (χ3n) is 12.9. The van der Waals surface area contributed by atoms with E-state index in [0.717, 1.165) is 0 Å². The minimum absolute atomic E-state index is 0.182. The molecule has 7 aromatic carbocycles. The van der Waals surface area contributed by atoms with E-state index in [9.17, 15) is 0 Å². The summed E-state index contributed by atoms with van der Waals surface area (Å²) in [6.45, 7) is 0.738. The van der Waals surface area contributed by atoms with Crippen LogP contribution in [0.1, 0.15) is 0 Å². The molecule has 0 saturated heterocycles. The molecule has 0 aliphatic carbocycles. The van der Waals surface area contributed by atoms with Crippen molar-refractivity contribution >= 4 is 131 Å². The zero-order chi connectivity index (χ0) is 30.6. The van der Waals surface area contributed by atoms with Crippen molar-refractivity contribution in [2.75, 3.05) is 4.90 Å². The Labute approximate surface area is 279 Å². The van der Waals surface area contributed by atoms with E-state index in [1.807, 2.05) is 0 Å². The Morgan fingerprint density at radius 3 is 1.12 bits per heavy atom. The van der Waals surface area contributed by atoms with Crippen molar-refractivity contribution in [3.05, 3.63) is 133 Å². The summed E-state index contributed by atoms with van der Waals surface area (Å²) in [7, 11) is 0. The molecule has 6 heteroatoms. The Balaban J connectivity index is 1.32. The van der Waals surface area contributed by atoms with Gasteiger partial charge in [-0.2, -0.15) is 0 Å². The molecule has 0 N–H and O–H groups in total. The highest BCUT2D eigenvalue weighted by Gasteiger charge is 2.56. The van der Waals surface area contributed by atoms with E-state index in [-0.39, 0.29) is 26.9 Å². The number of hydrogen-bond acceptors (Lipinski definition) is 1. The summed E-state index contributed by atoms with van der Waals surface area (Å²) in [6.07, 6.45) is 0. The van der Waals surface area contributed by atoms with Gasteiger partial charge in [0.1, 0.15) is 0 Å². The number of anilines is 3. The maximum absolute atomic E-state index is 2.74. The van der Waals surface area contributed by atoms with Crippen LogP contribution in [0.5, 0.6) is 0 Å². The van der Waals surface area contributed by atoms with Crippen molar-refractivity contribution in [2.45, 2.75) is 0 Å². The first kappa shape index (κ1) is 23.7. The number of fused-ring (bicyclic) bond motifs is 15. The molecule has 14 rings (SSSR count). The largest absolute Gasteiger partial charge is 0.313 e. The standard InChI is InChI=1S/C42H22B4N2/c1-3-15-27-25(13-1)43-29-17-5-7-21-33(29)47-34-22-8-6-18-30(34)44-26-14-2-4-16-28(26)46-32-20-10-12-24-23-11-9-19-31-39(23)48(40(24)32)42-37(45(27)31)35(43)41(47)36(44)38(42)46/h1-22H. The highest BCUT2D eigenvalue weighted by molar-refractivity contribution is 7.18. The summed E-state index contributed by atoms with van der Waals surface area (Å²) in [5.74, 6) is 0. The van der Waals surface area contributed by atoms with Gasteiger partial charge in [0, 0.05) is 44.6 Å². The first-order chi connectivity index (χ1) is 23.9. The number of nitrogens with zero attached hydrogens (tertiary/aromatic N) is 2. The molecule has 7 heterocycles. The molecule has 1 aromatic heterocycles. The summed E-state index contributed by atoms with van der Waals surface area (Å²) in [5, 5.41) is 2.77. The van der Waals surface area contributed by atoms with Gasteiger partial charge in [0.25, 0.3) is 0 Å². The van der Waals surface area contributed by atoms with E-state index >= 15 is 0 Å². The lowest BCUT2D eigenvalue weighted by molar-refractivity contribution is 1.20. The molecule has 6 aliphatic heterocycles. The minimum Gasteiger partial charge on any atom is -0.313 e. The van der Waals surface area contributed by atoms with Crippen LogP contribution in [0.15, 0.2) is 133 Å². The summed E-state index contributed by atoms with van der Waals surface area (Å²) >= 11 is 0. The van der Waals surface area contributed by atoms with E-state index in [0.29, 0.717) is 0 Å². The maximum Gasteiger partial charge on any atom is 0.245 e. The fourth-order valence-corrected chi connectivity index (χ4v) is 11.5. The predicted octanol–water partition coefficient (Wildman–Crippen LogP) is 0.199. The second kappa shape index (κ2) is 7.58. The number of rotatable bonds is 0. The van der Waals surface area contributed by atoms with E-state index in [4.69, 9.17) is 0 Å². The molecule has 0 saturated carbocycles. The molecule has 2 nitrogen and oxygen atoms in total. The molecule has 6 aliphatic rings. The highest BCUT2D eigenvalue weighted by atomic mass is 15.2. The van der Waals surface area contributed by atoms with Crippen molar-refractivity contribution in [3.63, 3.8) is 0 Å². The molecule has 0 bridgehead atoms. The summed E-state index contributed by atoms with van der Waals surface area (Å²) in [5.41, 5.74) is 26.2. The maximum atomic E-state index is 2.74. The smallest absolute Gasteiger partial charge is 0.245 e. The number of aromatic nitrogens is 1. The zero-order valence-corrected chi connectivity index (χ0v) is 25.9. The topological polar surface area (TPSA) is 8.17 Å². The second-order valence-corrected chi connectivity index (χ2v) is 14.6. The minimum atomic E-state index is 0.182. The van der Waals surface area contributed by atoms with E-state index in [1.165, 1.54) is 99.2 Å². The Morgan fingerprint density at radius 1 is 0.312 bits per heavy atom. The molecule has 0 spiro atoms. The van der Waals surface area contributed by atoms with Crippen LogP contribution >= 0.6 is 0 Å². The quantitative estimate of drug-likeness (QED) is 0.227. The van der Waals surface area contributed by atoms with E-state index < -0.39 is 0 Å². The van der Waals surface area contributed by atoms with Gasteiger partial charge in [-0.15, -0.1) is 0 Å². The van der Waals surface area contributed by atoms with Gasteiger partial charge in [-0.25, -0.2) is 0 Å². The third-order valence-corrected chi connectivity index (χ3v) is 12.9. The first-order valence-electron chi connectivity index (χ1n) is 17.4. The van der Waals surface area contributed by atoms with Crippen molar-refractivity contribution in [1.82, 2.24) is 4.57 Å². The molecule has 0 atom stereocenters. The van der Waals surface area contributed by atoms with Crippen LogP contribution in [0.3, 0.4) is 0 Å². The molecule has 48 heavy (non-hydrogen) atoms. The molecule has 0 fully saturated rings. The lowest BCUT2D eigenvalue weighted by Gasteiger charge is -2.52. The highest BCUT2D eigenvalue weighted by Crippen LogP contribution is 2.41. The second-order valence-electron chi connectivity index (χ2n) is 14.6. The van der Waals surface area contributed by atoms with Gasteiger partial charge in [-0.1, -0.05) is 143 Å². The fraction of sp³-hybridized carbons (Fsp3) is 0. The Hall–Kier alpha value is -5.60. The van der Waals surface area contributed by atoms with Crippen LogP contribution in [-0.2, 0) is 0 Å². The normalized spacial score (nSPS) is 15.3. The molecule has 0 unspecified atom stereocenters. The monoisotopic (exact) mass is 598 g/mol. The van der Waals surface area contributed by atoms with Crippen LogP contribution in [-0.4, -0.2) is 31.4 Å². The number of hydrogen-bond donors (Lipinski definition) is 0. The van der Waals surface area contributed by atoms with Crippen LogP contribution in [0, 0.1) is 0 Å². The Morgan fingerprint density at radius 2 is 0.667 bits per heavy atom. The van der Waals surface area contributed by atoms with Crippen LogP contribution in [0.2, 0.25) is 0 Å². The Bertz CT molecular complexity index is 2720. The summed E-state index contributed by atoms with van der Waals surface area (Å²) < 4.78 is 2.74. The Kier molecular flexibility index (Phi) is 3.74. The van der Waals surface area contributed by atoms with Gasteiger partial charge < -0.3 is 9.47 Å². The molecular formula is C42H22B4N2. The van der Waals surface area contributed by atoms with Gasteiger partial charge >= 0.3 is 0 Å². The summed E-state index contributed by atoms with van der Waals surface area (Å²) in [6, 6.07) is 51.6. The van der Waals surface area contributed by atoms with Gasteiger partial charge in [-0.05, 0) is 55.8 Å². The molecule has 212 valence electrons. The average molecular weight is 598 g/mol. The van der Waals surface area contributed by atoms with Gasteiger partial charge in [-0.3, -0.25) is 0 Å². The molecular weight excluding hydrogens is 576 g/mol. The third kappa shape index (κ3) is 2.26. The molecule has 0 amide bonds. The van der Waals surface area contributed by atoms with Gasteiger partial charge in [0.2, 0.25) is 26.9 Å². The fourth-order valence-electron chi connectivity index (χ4n) is 11.5.